The predicted octanol–water partition coefficient (Wildman–Crippen LogP) is 4.24. The summed E-state index contributed by atoms with van der Waals surface area (Å²) in [7, 11) is -3.75. The summed E-state index contributed by atoms with van der Waals surface area (Å²) in [6.07, 6.45) is 3.00. The van der Waals surface area contributed by atoms with Crippen LogP contribution >= 0.6 is 22.6 Å². The molecule has 0 aliphatic carbocycles. The van der Waals surface area contributed by atoms with E-state index in [2.05, 4.69) is 32.5 Å². The maximum Gasteiger partial charge on any atom is 0.410 e. The number of aryl methyl sites for hydroxylation is 1. The van der Waals surface area contributed by atoms with Gasteiger partial charge in [-0.1, -0.05) is 17.7 Å². The Morgan fingerprint density at radius 3 is 2.33 bits per heavy atom. The van der Waals surface area contributed by atoms with Crippen LogP contribution in [0.1, 0.15) is 26.3 Å². The van der Waals surface area contributed by atoms with Gasteiger partial charge < -0.3 is 14.5 Å². The van der Waals surface area contributed by atoms with Crippen LogP contribution in [0.3, 0.4) is 0 Å². The minimum Gasteiger partial charge on any atom is -0.444 e. The lowest BCUT2D eigenvalue weighted by Gasteiger charge is -2.36. The molecule has 33 heavy (non-hydrogen) atoms. The molecule has 0 spiro atoms. The van der Waals surface area contributed by atoms with Crippen LogP contribution in [-0.2, 0) is 14.8 Å². The van der Waals surface area contributed by atoms with Gasteiger partial charge >= 0.3 is 6.09 Å². The number of ether oxygens (including phenoxy) is 1. The first kappa shape index (κ1) is 23.8. The highest BCUT2D eigenvalue weighted by atomic mass is 127. The third-order valence-electron chi connectivity index (χ3n) is 5.42. The SMILES string of the molecule is Cc1ccc(S(=O)(=O)n2cc(I)c3cc(N4CCN(C(=O)OC(C)(C)C)CC4)cnc32)cc1. The van der Waals surface area contributed by atoms with Crippen molar-refractivity contribution < 1.29 is 17.9 Å². The topological polar surface area (TPSA) is 84.7 Å². The van der Waals surface area contributed by atoms with Crippen molar-refractivity contribution in [3.63, 3.8) is 0 Å². The summed E-state index contributed by atoms with van der Waals surface area (Å²) >= 11 is 2.14. The highest BCUT2D eigenvalue weighted by Gasteiger charge is 2.27. The fourth-order valence-corrected chi connectivity index (χ4v) is 5.87. The smallest absolute Gasteiger partial charge is 0.410 e. The number of hydrogen-bond acceptors (Lipinski definition) is 6. The number of pyridine rings is 1. The van der Waals surface area contributed by atoms with Gasteiger partial charge in [-0.3, -0.25) is 0 Å². The number of nitrogens with zero attached hydrogens (tertiary/aromatic N) is 4. The molecule has 1 saturated heterocycles. The third kappa shape index (κ3) is 4.96. The number of carbonyl (C=O) groups is 1. The molecular weight excluding hydrogens is 555 g/mol. The molecule has 4 rings (SSSR count). The second-order valence-corrected chi connectivity index (χ2v) is 12.1. The number of piperazine rings is 1. The van der Waals surface area contributed by atoms with Gasteiger partial charge in [-0.05, 0) is 68.5 Å². The summed E-state index contributed by atoms with van der Waals surface area (Å²) in [5.74, 6) is 0. The predicted molar refractivity (Wildman–Crippen MR) is 136 cm³/mol. The van der Waals surface area contributed by atoms with E-state index < -0.39 is 15.6 Å². The normalized spacial score (nSPS) is 15.2. The maximum atomic E-state index is 13.2. The number of fused-ring (bicyclic) bond motifs is 1. The quantitative estimate of drug-likeness (QED) is 0.430. The Morgan fingerprint density at radius 1 is 1.09 bits per heavy atom. The van der Waals surface area contributed by atoms with Crippen LogP contribution in [0, 0.1) is 10.5 Å². The van der Waals surface area contributed by atoms with E-state index in [1.807, 2.05) is 33.8 Å². The van der Waals surface area contributed by atoms with E-state index >= 15 is 0 Å². The molecule has 1 aliphatic heterocycles. The van der Waals surface area contributed by atoms with E-state index in [1.165, 1.54) is 3.97 Å². The van der Waals surface area contributed by atoms with Gasteiger partial charge in [-0.15, -0.1) is 0 Å². The van der Waals surface area contributed by atoms with Gasteiger partial charge in [-0.2, -0.15) is 0 Å². The van der Waals surface area contributed by atoms with E-state index in [0.717, 1.165) is 20.2 Å². The molecule has 176 valence electrons. The van der Waals surface area contributed by atoms with E-state index in [9.17, 15) is 13.2 Å². The fraction of sp³-hybridized carbons (Fsp3) is 0.391. The second kappa shape index (κ2) is 8.79. The highest BCUT2D eigenvalue weighted by Crippen LogP contribution is 2.29. The molecule has 2 aromatic heterocycles. The van der Waals surface area contributed by atoms with Crippen LogP contribution in [0.15, 0.2) is 47.6 Å². The summed E-state index contributed by atoms with van der Waals surface area (Å²) in [6, 6.07) is 8.76. The van der Waals surface area contributed by atoms with Crippen molar-refractivity contribution in [3.8, 4) is 0 Å². The lowest BCUT2D eigenvalue weighted by atomic mass is 10.2. The molecule has 0 atom stereocenters. The Morgan fingerprint density at radius 2 is 1.73 bits per heavy atom. The van der Waals surface area contributed by atoms with Crippen LogP contribution in [0.4, 0.5) is 10.5 Å². The molecule has 0 saturated carbocycles. The largest absolute Gasteiger partial charge is 0.444 e. The van der Waals surface area contributed by atoms with Crippen molar-refractivity contribution in [3.05, 3.63) is 51.9 Å². The van der Waals surface area contributed by atoms with E-state index in [-0.39, 0.29) is 11.0 Å². The summed E-state index contributed by atoms with van der Waals surface area (Å²) in [5.41, 5.74) is 1.77. The first-order valence-corrected chi connectivity index (χ1v) is 13.2. The molecule has 3 heterocycles. The number of benzene rings is 1. The van der Waals surface area contributed by atoms with Gasteiger partial charge in [0.05, 0.1) is 16.8 Å². The number of carbonyl (C=O) groups excluding carboxylic acids is 1. The number of aromatic nitrogens is 2. The molecule has 1 amide bonds. The zero-order valence-electron chi connectivity index (χ0n) is 19.1. The molecule has 0 radical (unpaired) electrons. The van der Waals surface area contributed by atoms with Crippen LogP contribution in [0.5, 0.6) is 0 Å². The monoisotopic (exact) mass is 582 g/mol. The van der Waals surface area contributed by atoms with Crippen molar-refractivity contribution >= 4 is 55.4 Å². The molecule has 10 heteroatoms. The maximum absolute atomic E-state index is 13.2. The van der Waals surface area contributed by atoms with Gasteiger partial charge in [0, 0.05) is 41.3 Å². The minimum atomic E-state index is -3.75. The van der Waals surface area contributed by atoms with Crippen LogP contribution < -0.4 is 4.90 Å². The Hall–Kier alpha value is -2.34. The van der Waals surface area contributed by atoms with Crippen molar-refractivity contribution in [2.75, 3.05) is 31.1 Å². The fourth-order valence-electron chi connectivity index (χ4n) is 3.69. The van der Waals surface area contributed by atoms with Gasteiger partial charge in [-0.25, -0.2) is 22.2 Å². The van der Waals surface area contributed by atoms with E-state index in [0.29, 0.717) is 31.8 Å². The summed E-state index contributed by atoms with van der Waals surface area (Å²) in [4.78, 5) is 20.9. The molecule has 8 nitrogen and oxygen atoms in total. The van der Waals surface area contributed by atoms with Crippen molar-refractivity contribution in [2.24, 2.45) is 0 Å². The van der Waals surface area contributed by atoms with Crippen LogP contribution in [-0.4, -0.2) is 60.1 Å². The van der Waals surface area contributed by atoms with E-state index in [4.69, 9.17) is 4.74 Å². The van der Waals surface area contributed by atoms with Gasteiger partial charge in [0.1, 0.15) is 5.60 Å². The minimum absolute atomic E-state index is 0.227. The molecular formula is C23H27IN4O4S. The second-order valence-electron chi connectivity index (χ2n) is 9.11. The Kier molecular flexibility index (Phi) is 6.34. The average Bonchev–Trinajstić information content (AvgIpc) is 3.10. The molecule has 0 unspecified atom stereocenters. The third-order valence-corrected chi connectivity index (χ3v) is 7.95. The molecule has 0 bridgehead atoms. The number of rotatable bonds is 3. The standard InChI is InChI=1S/C23H27IN4O4S/c1-16-5-7-18(8-6-16)33(30,31)28-15-20(24)19-13-17(14-25-21(19)28)26-9-11-27(12-10-26)22(29)32-23(2,3)4/h5-8,13-15H,9-12H2,1-4H3. The summed E-state index contributed by atoms with van der Waals surface area (Å²) < 4.78 is 34.0. The number of hydrogen-bond donors (Lipinski definition) is 0. The molecule has 1 fully saturated rings. The van der Waals surface area contributed by atoms with E-state index in [1.54, 1.807) is 41.6 Å². The molecule has 1 aromatic carbocycles. The van der Waals surface area contributed by atoms with Gasteiger partial charge in [0.15, 0.2) is 5.65 Å². The number of amides is 1. The zero-order chi connectivity index (χ0) is 24.0. The van der Waals surface area contributed by atoms with Crippen LogP contribution in [0.2, 0.25) is 0 Å². The molecule has 3 aromatic rings. The summed E-state index contributed by atoms with van der Waals surface area (Å²) in [5, 5.41) is 0.776. The summed E-state index contributed by atoms with van der Waals surface area (Å²) in [6.45, 7) is 9.87. The molecule has 1 aliphatic rings. The number of anilines is 1. The lowest BCUT2D eigenvalue weighted by Crippen LogP contribution is -2.50. The highest BCUT2D eigenvalue weighted by molar-refractivity contribution is 14.1. The molecule has 0 N–H and O–H groups in total. The van der Waals surface area contributed by atoms with Gasteiger partial charge in [0.25, 0.3) is 10.0 Å². The van der Waals surface area contributed by atoms with Crippen molar-refractivity contribution in [2.45, 2.75) is 38.2 Å². The average molecular weight is 582 g/mol. The first-order valence-electron chi connectivity index (χ1n) is 10.7. The zero-order valence-corrected chi connectivity index (χ0v) is 22.1. The van der Waals surface area contributed by atoms with Gasteiger partial charge in [0.2, 0.25) is 0 Å². The Bertz CT molecular complexity index is 1290. The Labute approximate surface area is 207 Å². The number of halogens is 1. The lowest BCUT2D eigenvalue weighted by molar-refractivity contribution is 0.0240. The first-order chi connectivity index (χ1) is 15.5. The van der Waals surface area contributed by atoms with Crippen molar-refractivity contribution in [1.82, 2.24) is 13.9 Å². The van der Waals surface area contributed by atoms with Crippen molar-refractivity contribution in [1.29, 1.82) is 0 Å². The van der Waals surface area contributed by atoms with Crippen LogP contribution in [0.25, 0.3) is 11.0 Å². The Balaban J connectivity index is 1.56.